The smallest absolute Gasteiger partial charge is 0.243 e. The van der Waals surface area contributed by atoms with Gasteiger partial charge in [-0.05, 0) is 18.1 Å². The molecule has 0 aliphatic rings. The zero-order chi connectivity index (χ0) is 18.1. The van der Waals surface area contributed by atoms with Crippen LogP contribution in [0.3, 0.4) is 0 Å². The van der Waals surface area contributed by atoms with Crippen molar-refractivity contribution in [3.05, 3.63) is 71.8 Å². The number of amides is 2. The molecule has 132 valence electrons. The molecular formula is C21H26N2O2. The molecule has 2 amide bonds. The third-order valence-corrected chi connectivity index (χ3v) is 4.12. The maximum absolute atomic E-state index is 12.7. The van der Waals surface area contributed by atoms with Crippen molar-refractivity contribution in [2.45, 2.75) is 39.3 Å². The number of hydrogen-bond donors (Lipinski definition) is 1. The van der Waals surface area contributed by atoms with Crippen LogP contribution in [0.25, 0.3) is 0 Å². The van der Waals surface area contributed by atoms with Crippen LogP contribution in [0.1, 0.15) is 31.4 Å². The predicted octanol–water partition coefficient (Wildman–Crippen LogP) is 3.17. The third kappa shape index (κ3) is 5.45. The first kappa shape index (κ1) is 18.7. The van der Waals surface area contributed by atoms with Crippen molar-refractivity contribution in [3.63, 3.8) is 0 Å². The number of benzene rings is 2. The Kier molecular flexibility index (Phi) is 7.20. The SMILES string of the molecule is CCNC(=O)[C@@H](Cc1ccccc1)N(Cc1ccccc1)C(=O)CC. The fourth-order valence-electron chi connectivity index (χ4n) is 2.83. The van der Waals surface area contributed by atoms with Crippen molar-refractivity contribution >= 4 is 11.8 Å². The van der Waals surface area contributed by atoms with Crippen LogP contribution in [0, 0.1) is 0 Å². The molecule has 1 atom stereocenters. The van der Waals surface area contributed by atoms with Gasteiger partial charge >= 0.3 is 0 Å². The summed E-state index contributed by atoms with van der Waals surface area (Å²) in [4.78, 5) is 27.0. The minimum absolute atomic E-state index is 0.0176. The first-order valence-corrected chi connectivity index (χ1v) is 8.80. The molecule has 2 aromatic carbocycles. The molecule has 4 nitrogen and oxygen atoms in total. The van der Waals surface area contributed by atoms with Gasteiger partial charge in [-0.2, -0.15) is 0 Å². The van der Waals surface area contributed by atoms with Gasteiger partial charge in [-0.1, -0.05) is 67.6 Å². The Morgan fingerprint density at radius 2 is 1.48 bits per heavy atom. The van der Waals surface area contributed by atoms with Crippen LogP contribution in [-0.2, 0) is 22.6 Å². The van der Waals surface area contributed by atoms with Crippen LogP contribution in [-0.4, -0.2) is 29.3 Å². The second-order valence-corrected chi connectivity index (χ2v) is 5.96. The van der Waals surface area contributed by atoms with E-state index >= 15 is 0 Å². The highest BCUT2D eigenvalue weighted by molar-refractivity contribution is 5.87. The number of rotatable bonds is 8. The number of nitrogens with one attached hydrogen (secondary N) is 1. The summed E-state index contributed by atoms with van der Waals surface area (Å²) >= 11 is 0. The van der Waals surface area contributed by atoms with E-state index in [2.05, 4.69) is 5.32 Å². The van der Waals surface area contributed by atoms with Crippen molar-refractivity contribution in [2.75, 3.05) is 6.54 Å². The quantitative estimate of drug-likeness (QED) is 0.804. The molecule has 0 heterocycles. The van der Waals surface area contributed by atoms with Gasteiger partial charge in [0.25, 0.3) is 0 Å². The summed E-state index contributed by atoms with van der Waals surface area (Å²) in [5.74, 6) is -0.125. The summed E-state index contributed by atoms with van der Waals surface area (Å²) in [6, 6.07) is 19.1. The Labute approximate surface area is 149 Å². The zero-order valence-electron chi connectivity index (χ0n) is 14.9. The molecule has 1 N–H and O–H groups in total. The Balaban J connectivity index is 2.30. The first-order chi connectivity index (χ1) is 12.2. The summed E-state index contributed by atoms with van der Waals surface area (Å²) in [5.41, 5.74) is 2.06. The van der Waals surface area contributed by atoms with Gasteiger partial charge in [0.2, 0.25) is 11.8 Å². The molecule has 0 saturated heterocycles. The molecule has 0 bridgehead atoms. The maximum Gasteiger partial charge on any atom is 0.243 e. The number of nitrogens with zero attached hydrogens (tertiary/aromatic N) is 1. The second-order valence-electron chi connectivity index (χ2n) is 5.96. The van der Waals surface area contributed by atoms with Gasteiger partial charge in [-0.25, -0.2) is 0 Å². The van der Waals surface area contributed by atoms with E-state index in [0.29, 0.717) is 25.9 Å². The largest absolute Gasteiger partial charge is 0.355 e. The summed E-state index contributed by atoms with van der Waals surface area (Å²) in [7, 11) is 0. The van der Waals surface area contributed by atoms with E-state index < -0.39 is 6.04 Å². The fourth-order valence-corrected chi connectivity index (χ4v) is 2.83. The van der Waals surface area contributed by atoms with Crippen LogP contribution >= 0.6 is 0 Å². The molecule has 0 aliphatic heterocycles. The highest BCUT2D eigenvalue weighted by atomic mass is 16.2. The summed E-state index contributed by atoms with van der Waals surface area (Å²) in [5, 5.41) is 2.88. The van der Waals surface area contributed by atoms with Crippen molar-refractivity contribution in [1.29, 1.82) is 0 Å². The Bertz CT molecular complexity index is 671. The van der Waals surface area contributed by atoms with Crippen molar-refractivity contribution in [3.8, 4) is 0 Å². The maximum atomic E-state index is 12.7. The summed E-state index contributed by atoms with van der Waals surface area (Å²) in [6.07, 6.45) is 0.878. The van der Waals surface area contributed by atoms with E-state index in [1.807, 2.05) is 74.5 Å². The average Bonchev–Trinajstić information content (AvgIpc) is 2.65. The van der Waals surface area contributed by atoms with Crippen LogP contribution in [0.15, 0.2) is 60.7 Å². The summed E-state index contributed by atoms with van der Waals surface area (Å²) < 4.78 is 0. The molecule has 0 unspecified atom stereocenters. The van der Waals surface area contributed by atoms with Gasteiger partial charge in [-0.3, -0.25) is 9.59 Å². The van der Waals surface area contributed by atoms with E-state index in [4.69, 9.17) is 0 Å². The third-order valence-electron chi connectivity index (χ3n) is 4.12. The fraction of sp³-hybridized carbons (Fsp3) is 0.333. The van der Waals surface area contributed by atoms with E-state index in [1.54, 1.807) is 4.90 Å². The highest BCUT2D eigenvalue weighted by Crippen LogP contribution is 2.15. The normalized spacial score (nSPS) is 11.6. The number of carbonyl (C=O) groups is 2. The minimum atomic E-state index is -0.519. The predicted molar refractivity (Wildman–Crippen MR) is 99.9 cm³/mol. The zero-order valence-corrected chi connectivity index (χ0v) is 14.9. The lowest BCUT2D eigenvalue weighted by Crippen LogP contribution is -2.50. The molecule has 4 heteroatoms. The topological polar surface area (TPSA) is 49.4 Å². The molecular weight excluding hydrogens is 312 g/mol. The lowest BCUT2D eigenvalue weighted by atomic mass is 10.0. The monoisotopic (exact) mass is 338 g/mol. The van der Waals surface area contributed by atoms with E-state index in [0.717, 1.165) is 11.1 Å². The lowest BCUT2D eigenvalue weighted by molar-refractivity contribution is -0.141. The van der Waals surface area contributed by atoms with Crippen LogP contribution in [0.5, 0.6) is 0 Å². The molecule has 0 saturated carbocycles. The van der Waals surface area contributed by atoms with Gasteiger partial charge in [0.1, 0.15) is 6.04 Å². The Morgan fingerprint density at radius 3 is 2.00 bits per heavy atom. The van der Waals surface area contributed by atoms with E-state index in [-0.39, 0.29) is 11.8 Å². The molecule has 0 aliphatic carbocycles. The molecule has 2 rings (SSSR count). The van der Waals surface area contributed by atoms with Crippen LogP contribution < -0.4 is 5.32 Å². The molecule has 2 aromatic rings. The minimum Gasteiger partial charge on any atom is -0.355 e. The average molecular weight is 338 g/mol. The van der Waals surface area contributed by atoms with Crippen molar-refractivity contribution in [2.24, 2.45) is 0 Å². The van der Waals surface area contributed by atoms with Crippen LogP contribution in [0.4, 0.5) is 0 Å². The van der Waals surface area contributed by atoms with Crippen LogP contribution in [0.2, 0.25) is 0 Å². The highest BCUT2D eigenvalue weighted by Gasteiger charge is 2.29. The van der Waals surface area contributed by atoms with E-state index in [9.17, 15) is 9.59 Å². The number of hydrogen-bond acceptors (Lipinski definition) is 2. The van der Waals surface area contributed by atoms with Gasteiger partial charge in [-0.15, -0.1) is 0 Å². The standard InChI is InChI=1S/C21H26N2O2/c1-3-20(24)23(16-18-13-9-6-10-14-18)19(21(25)22-4-2)15-17-11-7-5-8-12-17/h5-14,19H,3-4,15-16H2,1-2H3,(H,22,25)/t19-/m1/s1. The summed E-state index contributed by atoms with van der Waals surface area (Å²) in [6.45, 7) is 4.70. The lowest BCUT2D eigenvalue weighted by Gasteiger charge is -2.31. The molecule has 0 radical (unpaired) electrons. The van der Waals surface area contributed by atoms with Gasteiger partial charge in [0.15, 0.2) is 0 Å². The molecule has 0 fully saturated rings. The first-order valence-electron chi connectivity index (χ1n) is 8.80. The number of likely N-dealkylation sites (N-methyl/N-ethyl adjacent to an activating group) is 1. The van der Waals surface area contributed by atoms with Gasteiger partial charge < -0.3 is 10.2 Å². The second kappa shape index (κ2) is 9.62. The van der Waals surface area contributed by atoms with E-state index in [1.165, 1.54) is 0 Å². The van der Waals surface area contributed by atoms with Crippen molar-refractivity contribution in [1.82, 2.24) is 10.2 Å². The molecule has 0 aromatic heterocycles. The molecule has 25 heavy (non-hydrogen) atoms. The molecule has 0 spiro atoms. The Hall–Kier alpha value is -2.62. The van der Waals surface area contributed by atoms with Gasteiger partial charge in [0.05, 0.1) is 0 Å². The number of carbonyl (C=O) groups excluding carboxylic acids is 2. The van der Waals surface area contributed by atoms with Gasteiger partial charge in [0, 0.05) is 25.9 Å². The Morgan fingerprint density at radius 1 is 0.920 bits per heavy atom. The van der Waals surface area contributed by atoms with Crippen molar-refractivity contribution < 1.29 is 9.59 Å².